The third-order valence-electron chi connectivity index (χ3n) is 4.86. The maximum absolute atomic E-state index is 12.9. The van der Waals surface area contributed by atoms with Crippen LogP contribution in [0, 0.1) is 13.8 Å². The van der Waals surface area contributed by atoms with Crippen molar-refractivity contribution in [1.29, 1.82) is 0 Å². The topological polar surface area (TPSA) is 89.5 Å². The largest absolute Gasteiger partial charge is 0.507 e. The number of likely N-dealkylation sites (tertiary alicyclic amines) is 1. The number of hydrogen-bond acceptors (Lipinski definition) is 5. The lowest BCUT2D eigenvalue weighted by Gasteiger charge is -2.26. The van der Waals surface area contributed by atoms with Crippen LogP contribution in [-0.2, 0) is 9.59 Å². The minimum atomic E-state index is -0.715. The van der Waals surface area contributed by atoms with E-state index in [1.165, 1.54) is 4.90 Å². The Morgan fingerprint density at radius 1 is 1.32 bits per heavy atom. The molecule has 1 atom stereocenters. The SMILES string of the molecule is Cc1n[nH]c(C)c1/C(O)=C1\C(=O)C(=O)N(CCN(C)C)C1c1cccc(Cl)c1. The van der Waals surface area contributed by atoms with Gasteiger partial charge in [0, 0.05) is 23.8 Å². The van der Waals surface area contributed by atoms with Gasteiger partial charge >= 0.3 is 0 Å². The van der Waals surface area contributed by atoms with E-state index in [-0.39, 0.29) is 11.3 Å². The van der Waals surface area contributed by atoms with Crippen LogP contribution in [0.25, 0.3) is 5.76 Å². The number of aromatic nitrogens is 2. The van der Waals surface area contributed by atoms with E-state index < -0.39 is 17.7 Å². The predicted molar refractivity (Wildman–Crippen MR) is 107 cm³/mol. The van der Waals surface area contributed by atoms with Crippen LogP contribution in [0.2, 0.25) is 5.02 Å². The number of halogens is 1. The number of amides is 1. The van der Waals surface area contributed by atoms with E-state index in [4.69, 9.17) is 11.6 Å². The molecule has 0 radical (unpaired) electrons. The predicted octanol–water partition coefficient (Wildman–Crippen LogP) is 2.66. The summed E-state index contributed by atoms with van der Waals surface area (Å²) in [7, 11) is 3.78. The third-order valence-corrected chi connectivity index (χ3v) is 5.09. The maximum Gasteiger partial charge on any atom is 0.295 e. The Kier molecular flexibility index (Phi) is 5.58. The number of nitrogens with zero attached hydrogens (tertiary/aromatic N) is 3. The molecule has 1 fully saturated rings. The van der Waals surface area contributed by atoms with Crippen molar-refractivity contribution in [1.82, 2.24) is 20.0 Å². The first-order valence-electron chi connectivity index (χ1n) is 8.93. The van der Waals surface area contributed by atoms with Crippen molar-refractivity contribution in [3.8, 4) is 0 Å². The highest BCUT2D eigenvalue weighted by Crippen LogP contribution is 2.40. The second-order valence-corrected chi connectivity index (χ2v) is 7.60. The molecule has 1 saturated heterocycles. The number of Topliss-reactive ketones (excluding diaryl/α,β-unsaturated/α-hetero) is 1. The Morgan fingerprint density at radius 2 is 2.04 bits per heavy atom. The number of likely N-dealkylation sites (N-methyl/N-ethyl adjacent to an activating group) is 1. The second-order valence-electron chi connectivity index (χ2n) is 7.16. The van der Waals surface area contributed by atoms with Crippen molar-refractivity contribution >= 4 is 29.1 Å². The quantitative estimate of drug-likeness (QED) is 0.456. The van der Waals surface area contributed by atoms with Gasteiger partial charge in [-0.2, -0.15) is 5.10 Å². The summed E-state index contributed by atoms with van der Waals surface area (Å²) in [4.78, 5) is 29.1. The number of benzene rings is 1. The van der Waals surface area contributed by atoms with E-state index >= 15 is 0 Å². The number of aryl methyl sites for hydroxylation is 2. The average molecular weight is 403 g/mol. The highest BCUT2D eigenvalue weighted by atomic mass is 35.5. The van der Waals surface area contributed by atoms with Gasteiger partial charge in [-0.05, 0) is 45.6 Å². The number of aromatic amines is 1. The summed E-state index contributed by atoms with van der Waals surface area (Å²) in [5, 5.41) is 18.4. The number of carbonyl (C=O) groups is 2. The van der Waals surface area contributed by atoms with Crippen LogP contribution < -0.4 is 0 Å². The van der Waals surface area contributed by atoms with Crippen molar-refractivity contribution in [3.63, 3.8) is 0 Å². The molecule has 3 rings (SSSR count). The van der Waals surface area contributed by atoms with E-state index in [9.17, 15) is 14.7 Å². The van der Waals surface area contributed by atoms with Gasteiger partial charge in [-0.3, -0.25) is 14.7 Å². The lowest BCUT2D eigenvalue weighted by atomic mass is 9.95. The molecule has 7 nitrogen and oxygen atoms in total. The molecule has 0 aliphatic carbocycles. The molecule has 0 saturated carbocycles. The first kappa shape index (κ1) is 20.1. The fourth-order valence-corrected chi connectivity index (χ4v) is 3.67. The molecule has 2 aromatic rings. The van der Waals surface area contributed by atoms with Crippen LogP contribution >= 0.6 is 11.6 Å². The van der Waals surface area contributed by atoms with E-state index in [2.05, 4.69) is 10.2 Å². The van der Waals surface area contributed by atoms with Crippen LogP contribution in [0.15, 0.2) is 29.8 Å². The fraction of sp³-hybridized carbons (Fsp3) is 0.350. The Labute approximate surface area is 168 Å². The summed E-state index contributed by atoms with van der Waals surface area (Å²) < 4.78 is 0. The average Bonchev–Trinajstić information content (AvgIpc) is 3.09. The van der Waals surface area contributed by atoms with Gasteiger partial charge in [-0.1, -0.05) is 23.7 Å². The smallest absolute Gasteiger partial charge is 0.295 e. The number of ketones is 1. The molecule has 2 heterocycles. The third kappa shape index (κ3) is 3.55. The summed E-state index contributed by atoms with van der Waals surface area (Å²) >= 11 is 6.16. The summed E-state index contributed by atoms with van der Waals surface area (Å²) in [5.41, 5.74) is 2.35. The number of nitrogens with one attached hydrogen (secondary N) is 1. The molecule has 28 heavy (non-hydrogen) atoms. The van der Waals surface area contributed by atoms with E-state index in [1.54, 1.807) is 38.1 Å². The summed E-state index contributed by atoms with van der Waals surface area (Å²) in [6.07, 6.45) is 0. The van der Waals surface area contributed by atoms with Gasteiger partial charge in [0.1, 0.15) is 5.76 Å². The minimum absolute atomic E-state index is 0.0543. The maximum atomic E-state index is 12.9. The van der Waals surface area contributed by atoms with Gasteiger partial charge < -0.3 is 14.9 Å². The number of carbonyl (C=O) groups excluding carboxylic acids is 2. The van der Waals surface area contributed by atoms with Gasteiger partial charge in [0.15, 0.2) is 0 Å². The number of aliphatic hydroxyl groups excluding tert-OH is 1. The normalized spacial score (nSPS) is 19.1. The lowest BCUT2D eigenvalue weighted by Crippen LogP contribution is -2.35. The van der Waals surface area contributed by atoms with Gasteiger partial charge in [0.2, 0.25) is 0 Å². The second kappa shape index (κ2) is 7.77. The molecular weight excluding hydrogens is 380 g/mol. The highest BCUT2D eigenvalue weighted by molar-refractivity contribution is 6.46. The van der Waals surface area contributed by atoms with Gasteiger partial charge in [0.25, 0.3) is 11.7 Å². The van der Waals surface area contributed by atoms with E-state index in [0.29, 0.717) is 40.6 Å². The molecule has 0 bridgehead atoms. The molecule has 1 aliphatic heterocycles. The zero-order valence-corrected chi connectivity index (χ0v) is 17.0. The monoisotopic (exact) mass is 402 g/mol. The van der Waals surface area contributed by atoms with Crippen LogP contribution in [0.4, 0.5) is 0 Å². The fourth-order valence-electron chi connectivity index (χ4n) is 3.48. The van der Waals surface area contributed by atoms with Crippen LogP contribution in [0.3, 0.4) is 0 Å². The molecule has 1 aromatic heterocycles. The number of aliphatic hydroxyl groups is 1. The Balaban J connectivity index is 2.20. The summed E-state index contributed by atoms with van der Waals surface area (Å²) in [6.45, 7) is 4.41. The number of hydrogen-bond donors (Lipinski definition) is 2. The Hall–Kier alpha value is -2.64. The van der Waals surface area contributed by atoms with Crippen molar-refractivity contribution in [3.05, 3.63) is 57.4 Å². The first-order chi connectivity index (χ1) is 13.2. The Bertz CT molecular complexity index is 945. The molecule has 148 valence electrons. The molecule has 0 spiro atoms. The molecule has 8 heteroatoms. The van der Waals surface area contributed by atoms with Crippen molar-refractivity contribution in [2.24, 2.45) is 0 Å². The molecule has 1 aromatic carbocycles. The first-order valence-corrected chi connectivity index (χ1v) is 9.30. The van der Waals surface area contributed by atoms with E-state index in [1.807, 2.05) is 19.0 Å². The molecule has 1 unspecified atom stereocenters. The van der Waals surface area contributed by atoms with Crippen LogP contribution in [0.5, 0.6) is 0 Å². The molecule has 1 amide bonds. The summed E-state index contributed by atoms with van der Waals surface area (Å²) in [5.74, 6) is -1.56. The van der Waals surface area contributed by atoms with Crippen molar-refractivity contribution in [2.45, 2.75) is 19.9 Å². The number of H-pyrrole nitrogens is 1. The lowest BCUT2D eigenvalue weighted by molar-refractivity contribution is -0.140. The standard InChI is InChI=1S/C20H23ClN4O3/c1-11-15(12(2)23-22-11)18(26)16-17(13-6-5-7-14(21)10-13)25(9-8-24(3)4)20(28)19(16)27/h5-7,10,17,26H,8-9H2,1-4H3,(H,22,23)/b18-16+. The van der Waals surface area contributed by atoms with Gasteiger partial charge in [-0.15, -0.1) is 0 Å². The zero-order chi connectivity index (χ0) is 20.6. The van der Waals surface area contributed by atoms with Gasteiger partial charge in [-0.25, -0.2) is 0 Å². The Morgan fingerprint density at radius 3 is 2.61 bits per heavy atom. The number of rotatable bonds is 5. The van der Waals surface area contributed by atoms with Crippen LogP contribution in [-0.4, -0.2) is 64.0 Å². The minimum Gasteiger partial charge on any atom is -0.507 e. The van der Waals surface area contributed by atoms with E-state index in [0.717, 1.165) is 0 Å². The van der Waals surface area contributed by atoms with Crippen LogP contribution in [0.1, 0.15) is 28.6 Å². The molecular formula is C20H23ClN4O3. The van der Waals surface area contributed by atoms with Crippen molar-refractivity contribution in [2.75, 3.05) is 27.2 Å². The summed E-state index contributed by atoms with van der Waals surface area (Å²) in [6, 6.07) is 6.28. The van der Waals surface area contributed by atoms with Crippen molar-refractivity contribution < 1.29 is 14.7 Å². The molecule has 1 aliphatic rings. The molecule has 2 N–H and O–H groups in total. The zero-order valence-electron chi connectivity index (χ0n) is 16.3. The van der Waals surface area contributed by atoms with Gasteiger partial charge in [0.05, 0.1) is 22.9 Å². The highest BCUT2D eigenvalue weighted by Gasteiger charge is 2.46.